The topological polar surface area (TPSA) is 50.4 Å². The quantitative estimate of drug-likeness (QED) is 0.763. The highest BCUT2D eigenvalue weighted by Gasteiger charge is 2.26. The van der Waals surface area contributed by atoms with Gasteiger partial charge in [0.25, 0.3) is 0 Å². The van der Waals surface area contributed by atoms with Gasteiger partial charge < -0.3 is 15.4 Å². The van der Waals surface area contributed by atoms with Crippen LogP contribution in [0.1, 0.15) is 74.1 Å². The normalized spacial score (nSPS) is 26.9. The molecule has 0 radical (unpaired) electrons. The van der Waals surface area contributed by atoms with Gasteiger partial charge in [0.2, 0.25) is 0 Å². The smallest absolute Gasteiger partial charge is 0.407 e. The van der Waals surface area contributed by atoms with Gasteiger partial charge in [-0.2, -0.15) is 0 Å². The first-order valence-electron chi connectivity index (χ1n) is 9.29. The second kappa shape index (κ2) is 8.91. The minimum absolute atomic E-state index is 0.313. The summed E-state index contributed by atoms with van der Waals surface area (Å²) in [7, 11) is 0. The molecule has 2 N–H and O–H groups in total. The first-order chi connectivity index (χ1) is 10.6. The molecule has 0 aromatic heterocycles. The van der Waals surface area contributed by atoms with Crippen LogP contribution in [-0.4, -0.2) is 30.3 Å². The Labute approximate surface area is 143 Å². The SMILES string of the molecule is CC(C)CC(CNC(=O)OC(C)(C)C)NC1CCC(C)C(C)C1. The summed E-state index contributed by atoms with van der Waals surface area (Å²) in [6.07, 6.45) is 4.52. The first kappa shape index (κ1) is 20.3. The third-order valence-electron chi connectivity index (χ3n) is 4.72. The van der Waals surface area contributed by atoms with Crippen LogP contribution < -0.4 is 10.6 Å². The highest BCUT2D eigenvalue weighted by atomic mass is 16.6. The fourth-order valence-electron chi connectivity index (χ4n) is 3.33. The van der Waals surface area contributed by atoms with Crippen LogP contribution in [0.4, 0.5) is 4.79 Å². The fourth-order valence-corrected chi connectivity index (χ4v) is 3.33. The number of ether oxygens (including phenoxy) is 1. The molecule has 0 aliphatic heterocycles. The largest absolute Gasteiger partial charge is 0.444 e. The number of amides is 1. The van der Waals surface area contributed by atoms with Gasteiger partial charge >= 0.3 is 6.09 Å². The molecule has 0 saturated heterocycles. The van der Waals surface area contributed by atoms with Crippen LogP contribution in [0, 0.1) is 17.8 Å². The van der Waals surface area contributed by atoms with Gasteiger partial charge in [0.1, 0.15) is 5.60 Å². The van der Waals surface area contributed by atoms with Crippen molar-refractivity contribution >= 4 is 6.09 Å². The van der Waals surface area contributed by atoms with E-state index in [2.05, 4.69) is 38.3 Å². The van der Waals surface area contributed by atoms with Gasteiger partial charge in [-0.15, -0.1) is 0 Å². The van der Waals surface area contributed by atoms with E-state index in [4.69, 9.17) is 4.74 Å². The molecular formula is C19H38N2O2. The summed E-state index contributed by atoms with van der Waals surface area (Å²) in [5.41, 5.74) is -0.444. The predicted octanol–water partition coefficient (Wildman–Crippen LogP) is 4.34. The molecule has 4 heteroatoms. The molecule has 1 aliphatic rings. The monoisotopic (exact) mass is 326 g/mol. The van der Waals surface area contributed by atoms with E-state index in [-0.39, 0.29) is 6.09 Å². The maximum Gasteiger partial charge on any atom is 0.407 e. The predicted molar refractivity (Wildman–Crippen MR) is 96.6 cm³/mol. The Kier molecular flexibility index (Phi) is 7.85. The summed E-state index contributed by atoms with van der Waals surface area (Å²) < 4.78 is 5.34. The number of carbonyl (C=O) groups is 1. The number of nitrogens with one attached hydrogen (secondary N) is 2. The maximum absolute atomic E-state index is 11.9. The summed E-state index contributed by atoms with van der Waals surface area (Å²) in [5, 5.41) is 6.72. The van der Waals surface area contributed by atoms with Crippen LogP contribution in [-0.2, 0) is 4.74 Å². The standard InChI is InChI=1S/C19H38N2O2/c1-13(2)10-17(12-20-18(22)23-19(5,6)7)21-16-9-8-14(3)15(4)11-16/h13-17,21H,8-12H2,1-7H3,(H,20,22). The molecule has 4 nitrogen and oxygen atoms in total. The molecule has 1 aliphatic carbocycles. The second-order valence-electron chi connectivity index (χ2n) is 8.84. The minimum atomic E-state index is -0.444. The zero-order valence-electron chi connectivity index (χ0n) is 16.2. The molecular weight excluding hydrogens is 288 g/mol. The molecule has 1 saturated carbocycles. The van der Waals surface area contributed by atoms with Crippen LogP contribution in [0.15, 0.2) is 0 Å². The third kappa shape index (κ3) is 8.59. The van der Waals surface area contributed by atoms with Gasteiger partial charge in [-0.3, -0.25) is 0 Å². The second-order valence-corrected chi connectivity index (χ2v) is 8.84. The number of hydrogen-bond donors (Lipinski definition) is 2. The van der Waals surface area contributed by atoms with Gasteiger partial charge in [0.15, 0.2) is 0 Å². The van der Waals surface area contributed by atoms with Crippen LogP contribution in [0.3, 0.4) is 0 Å². The van der Waals surface area contributed by atoms with Crippen molar-refractivity contribution in [1.29, 1.82) is 0 Å². The molecule has 136 valence electrons. The van der Waals surface area contributed by atoms with E-state index in [1.165, 1.54) is 19.3 Å². The van der Waals surface area contributed by atoms with Crippen LogP contribution in [0.2, 0.25) is 0 Å². The van der Waals surface area contributed by atoms with E-state index in [1.54, 1.807) is 0 Å². The van der Waals surface area contributed by atoms with E-state index in [9.17, 15) is 4.79 Å². The minimum Gasteiger partial charge on any atom is -0.444 e. The molecule has 4 unspecified atom stereocenters. The lowest BCUT2D eigenvalue weighted by Gasteiger charge is -2.35. The molecule has 1 amide bonds. The van der Waals surface area contributed by atoms with E-state index in [0.717, 1.165) is 18.3 Å². The van der Waals surface area contributed by atoms with E-state index >= 15 is 0 Å². The molecule has 0 bridgehead atoms. The van der Waals surface area contributed by atoms with Crippen molar-refractivity contribution < 1.29 is 9.53 Å². The fraction of sp³-hybridized carbons (Fsp3) is 0.947. The summed E-state index contributed by atoms with van der Waals surface area (Å²) in [6, 6.07) is 0.888. The molecule has 1 rings (SSSR count). The van der Waals surface area contributed by atoms with E-state index in [1.807, 2.05) is 20.8 Å². The maximum atomic E-state index is 11.9. The van der Waals surface area contributed by atoms with Crippen molar-refractivity contribution in [2.75, 3.05) is 6.54 Å². The molecule has 0 spiro atoms. The highest BCUT2D eigenvalue weighted by Crippen LogP contribution is 2.29. The number of alkyl carbamates (subject to hydrolysis) is 1. The van der Waals surface area contributed by atoms with Gasteiger partial charge in [-0.05, 0) is 64.2 Å². The Bertz CT molecular complexity index is 363. The zero-order valence-corrected chi connectivity index (χ0v) is 16.2. The molecule has 4 atom stereocenters. The van der Waals surface area contributed by atoms with Crippen LogP contribution >= 0.6 is 0 Å². The van der Waals surface area contributed by atoms with Gasteiger partial charge in [0, 0.05) is 18.6 Å². The highest BCUT2D eigenvalue weighted by molar-refractivity contribution is 5.67. The number of hydrogen-bond acceptors (Lipinski definition) is 3. The Morgan fingerprint density at radius 1 is 1.17 bits per heavy atom. The van der Waals surface area contributed by atoms with Crippen molar-refractivity contribution in [2.24, 2.45) is 17.8 Å². The third-order valence-corrected chi connectivity index (χ3v) is 4.72. The van der Waals surface area contributed by atoms with Crippen LogP contribution in [0.5, 0.6) is 0 Å². The number of carbonyl (C=O) groups excluding carboxylic acids is 1. The van der Waals surface area contributed by atoms with Crippen molar-refractivity contribution in [2.45, 2.75) is 91.8 Å². The summed E-state index contributed by atoms with van der Waals surface area (Å²) in [5.74, 6) is 2.21. The van der Waals surface area contributed by atoms with Gasteiger partial charge in [-0.25, -0.2) is 4.79 Å². The molecule has 23 heavy (non-hydrogen) atoms. The Morgan fingerprint density at radius 3 is 2.35 bits per heavy atom. The molecule has 1 fully saturated rings. The summed E-state index contributed by atoms with van der Waals surface area (Å²) >= 11 is 0. The lowest BCUT2D eigenvalue weighted by Crippen LogP contribution is -2.48. The first-order valence-corrected chi connectivity index (χ1v) is 9.29. The molecule has 0 aromatic carbocycles. The van der Waals surface area contributed by atoms with Crippen molar-refractivity contribution in [1.82, 2.24) is 10.6 Å². The van der Waals surface area contributed by atoms with Crippen molar-refractivity contribution in [3.8, 4) is 0 Å². The Morgan fingerprint density at radius 2 is 1.83 bits per heavy atom. The lowest BCUT2D eigenvalue weighted by atomic mass is 9.79. The average Bonchev–Trinajstić information content (AvgIpc) is 2.38. The van der Waals surface area contributed by atoms with Crippen LogP contribution in [0.25, 0.3) is 0 Å². The van der Waals surface area contributed by atoms with Crippen molar-refractivity contribution in [3.05, 3.63) is 0 Å². The van der Waals surface area contributed by atoms with E-state index < -0.39 is 5.60 Å². The Balaban J connectivity index is 2.47. The summed E-state index contributed by atoms with van der Waals surface area (Å²) in [4.78, 5) is 11.9. The van der Waals surface area contributed by atoms with Gasteiger partial charge in [0.05, 0.1) is 0 Å². The Hall–Kier alpha value is -0.770. The lowest BCUT2D eigenvalue weighted by molar-refractivity contribution is 0.0518. The molecule has 0 heterocycles. The van der Waals surface area contributed by atoms with Crippen molar-refractivity contribution in [3.63, 3.8) is 0 Å². The number of rotatable bonds is 6. The molecule has 0 aromatic rings. The zero-order chi connectivity index (χ0) is 17.6. The summed E-state index contributed by atoms with van der Waals surface area (Å²) in [6.45, 7) is 15.5. The van der Waals surface area contributed by atoms with E-state index in [0.29, 0.717) is 24.5 Å². The average molecular weight is 327 g/mol. The van der Waals surface area contributed by atoms with Gasteiger partial charge in [-0.1, -0.05) is 27.7 Å².